The van der Waals surface area contributed by atoms with Crippen LogP contribution >= 0.6 is 11.3 Å². The molecule has 0 N–H and O–H groups in total. The van der Waals surface area contributed by atoms with E-state index >= 15 is 0 Å². The lowest BCUT2D eigenvalue weighted by Gasteiger charge is -2.26. The average molecular weight is 536 g/mol. The van der Waals surface area contributed by atoms with Crippen LogP contribution in [0, 0.1) is 11.7 Å². The highest BCUT2D eigenvalue weighted by Gasteiger charge is 2.24. The van der Waals surface area contributed by atoms with Crippen molar-refractivity contribution >= 4 is 33.2 Å². The van der Waals surface area contributed by atoms with E-state index in [1.54, 1.807) is 35.5 Å². The second kappa shape index (κ2) is 10.6. The summed E-state index contributed by atoms with van der Waals surface area (Å²) in [5.41, 5.74) is 1.94. The first-order valence-corrected chi connectivity index (χ1v) is 13.5. The van der Waals surface area contributed by atoms with Crippen LogP contribution < -0.4 is 4.74 Å². The van der Waals surface area contributed by atoms with Crippen LogP contribution in [-0.4, -0.2) is 62.9 Å². The molecule has 0 unspecified atom stereocenters. The number of aromatic nitrogens is 4. The van der Waals surface area contributed by atoms with Gasteiger partial charge in [-0.1, -0.05) is 11.3 Å². The number of benzene rings is 1. The Hall–Kier alpha value is -3.70. The first-order chi connectivity index (χ1) is 18.5. The van der Waals surface area contributed by atoms with Crippen molar-refractivity contribution in [2.75, 3.05) is 26.3 Å². The second-order valence-corrected chi connectivity index (χ2v) is 10.7. The monoisotopic (exact) mass is 535 g/mol. The highest BCUT2D eigenvalue weighted by Crippen LogP contribution is 2.39. The Balaban J connectivity index is 1.16. The summed E-state index contributed by atoms with van der Waals surface area (Å²) in [4.78, 5) is 31.7. The number of hydrogen-bond acceptors (Lipinski definition) is 8. The van der Waals surface area contributed by atoms with Gasteiger partial charge >= 0.3 is 0 Å². The maximum atomic E-state index is 14.9. The van der Waals surface area contributed by atoms with E-state index in [0.29, 0.717) is 61.2 Å². The van der Waals surface area contributed by atoms with Crippen molar-refractivity contribution in [3.63, 3.8) is 0 Å². The van der Waals surface area contributed by atoms with Gasteiger partial charge in [-0.25, -0.2) is 9.07 Å². The van der Waals surface area contributed by atoms with Crippen LogP contribution in [-0.2, 0) is 27.3 Å². The fraction of sp³-hybridized carbons (Fsp3) is 0.370. The van der Waals surface area contributed by atoms with E-state index in [1.807, 2.05) is 6.07 Å². The van der Waals surface area contributed by atoms with E-state index in [-0.39, 0.29) is 30.4 Å². The Morgan fingerprint density at radius 1 is 1.13 bits per heavy atom. The number of carbonyl (C=O) groups excluding carboxylic acids is 2. The first kappa shape index (κ1) is 24.6. The summed E-state index contributed by atoms with van der Waals surface area (Å²) in [5.74, 6) is 0.665. The molecule has 3 aromatic heterocycles. The average Bonchev–Trinajstić information content (AvgIpc) is 3.41. The molecule has 0 spiro atoms. The van der Waals surface area contributed by atoms with Gasteiger partial charge in [0.25, 0.3) is 0 Å². The normalized spacial score (nSPS) is 15.7. The van der Waals surface area contributed by atoms with E-state index in [1.165, 1.54) is 22.1 Å². The minimum atomic E-state index is -0.517. The predicted molar refractivity (Wildman–Crippen MR) is 139 cm³/mol. The molecule has 196 valence electrons. The van der Waals surface area contributed by atoms with Crippen molar-refractivity contribution in [1.29, 1.82) is 0 Å². The fourth-order valence-corrected chi connectivity index (χ4v) is 5.48. The highest BCUT2D eigenvalue weighted by atomic mass is 32.1. The van der Waals surface area contributed by atoms with Crippen molar-refractivity contribution < 1.29 is 23.5 Å². The zero-order valence-corrected chi connectivity index (χ0v) is 21.5. The molecule has 1 saturated carbocycles. The van der Waals surface area contributed by atoms with Crippen LogP contribution in [0.5, 0.6) is 11.5 Å². The molecule has 1 aliphatic heterocycles. The molecule has 1 aromatic carbocycles. The van der Waals surface area contributed by atoms with Crippen molar-refractivity contribution in [3.05, 3.63) is 54.1 Å². The van der Waals surface area contributed by atoms with Gasteiger partial charge in [0, 0.05) is 38.2 Å². The molecule has 11 heteroatoms. The van der Waals surface area contributed by atoms with Crippen LogP contribution in [0.2, 0.25) is 0 Å². The smallest absolute Gasteiger partial charge is 0.244 e. The second-order valence-electron chi connectivity index (χ2n) is 9.66. The topological polar surface area (TPSA) is 99.4 Å². The van der Waals surface area contributed by atoms with Gasteiger partial charge in [0.1, 0.15) is 23.8 Å². The van der Waals surface area contributed by atoms with Gasteiger partial charge in [0.2, 0.25) is 5.91 Å². The van der Waals surface area contributed by atoms with Gasteiger partial charge in [-0.15, -0.1) is 16.4 Å². The molecule has 0 atom stereocenters. The summed E-state index contributed by atoms with van der Waals surface area (Å²) in [5, 5.41) is 8.35. The number of fused-ring (bicyclic) bond motifs is 1. The Morgan fingerprint density at radius 3 is 2.76 bits per heavy atom. The number of rotatable bonds is 9. The van der Waals surface area contributed by atoms with Gasteiger partial charge < -0.3 is 14.4 Å². The number of morpholine rings is 1. The number of carbonyl (C=O) groups is 2. The molecule has 4 heterocycles. The van der Waals surface area contributed by atoms with Gasteiger partial charge in [-0.2, -0.15) is 0 Å². The third-order valence-corrected chi connectivity index (χ3v) is 7.82. The SMILES string of the molecule is O=C(Cc1ccc(Oc2ccnc3cc(-c4cn(CC(=O)N5CCOCC5)nn4)sc23)c(F)c1)CC1CC1. The number of pyridine rings is 1. The number of thiophene rings is 1. The highest BCUT2D eigenvalue weighted by molar-refractivity contribution is 7.22. The lowest BCUT2D eigenvalue weighted by molar-refractivity contribution is -0.136. The van der Waals surface area contributed by atoms with E-state index < -0.39 is 5.82 Å². The summed E-state index contributed by atoms with van der Waals surface area (Å²) in [7, 11) is 0. The molecule has 2 aliphatic rings. The molecule has 0 bridgehead atoms. The van der Waals surface area contributed by atoms with Crippen molar-refractivity contribution in [3.8, 4) is 22.1 Å². The summed E-state index contributed by atoms with van der Waals surface area (Å²) in [6.07, 6.45) is 6.38. The number of ether oxygens (including phenoxy) is 2. The standard InChI is InChI=1S/C27H26FN5O4S/c28-20-13-18(12-19(34)11-17-1-2-17)3-4-23(20)37-24-5-6-29-21-14-25(38-27(21)24)22-15-33(31-30-22)16-26(35)32-7-9-36-10-8-32/h3-6,13-15,17H,1-2,7-12,16H2. The maximum absolute atomic E-state index is 14.9. The van der Waals surface area contributed by atoms with E-state index in [9.17, 15) is 14.0 Å². The number of nitrogens with zero attached hydrogens (tertiary/aromatic N) is 5. The fourth-order valence-electron chi connectivity index (χ4n) is 4.46. The molecular weight excluding hydrogens is 509 g/mol. The number of Topliss-reactive ketones (excluding diaryl/α,β-unsaturated/α-hetero) is 1. The molecular formula is C27H26FN5O4S. The molecule has 1 saturated heterocycles. The summed E-state index contributed by atoms with van der Waals surface area (Å²) in [6, 6.07) is 8.22. The predicted octanol–water partition coefficient (Wildman–Crippen LogP) is 4.26. The van der Waals surface area contributed by atoms with Crippen LogP contribution in [0.4, 0.5) is 4.39 Å². The summed E-state index contributed by atoms with van der Waals surface area (Å²) in [6.45, 7) is 2.34. The summed E-state index contributed by atoms with van der Waals surface area (Å²) >= 11 is 1.40. The van der Waals surface area contributed by atoms with Gasteiger partial charge in [-0.05, 0) is 42.5 Å². The lowest BCUT2D eigenvalue weighted by Crippen LogP contribution is -2.42. The Kier molecular flexibility index (Phi) is 6.86. The molecule has 1 aliphatic carbocycles. The van der Waals surface area contributed by atoms with Crippen LogP contribution in [0.3, 0.4) is 0 Å². The van der Waals surface area contributed by atoms with Gasteiger partial charge in [0.15, 0.2) is 11.6 Å². The number of halogens is 1. The Labute approximate surface area is 222 Å². The number of ketones is 1. The molecule has 4 aromatic rings. The Morgan fingerprint density at radius 2 is 1.97 bits per heavy atom. The number of hydrogen-bond donors (Lipinski definition) is 0. The zero-order valence-electron chi connectivity index (χ0n) is 20.6. The largest absolute Gasteiger partial charge is 0.453 e. The minimum absolute atomic E-state index is 0.0289. The zero-order chi connectivity index (χ0) is 26.1. The third-order valence-electron chi connectivity index (χ3n) is 6.66. The van der Waals surface area contributed by atoms with E-state index in [2.05, 4.69) is 15.3 Å². The van der Waals surface area contributed by atoms with E-state index in [0.717, 1.165) is 22.4 Å². The minimum Gasteiger partial charge on any atom is -0.453 e. The Bertz CT molecular complexity index is 1490. The van der Waals surface area contributed by atoms with Crippen LogP contribution in [0.15, 0.2) is 42.7 Å². The van der Waals surface area contributed by atoms with Crippen LogP contribution in [0.25, 0.3) is 20.8 Å². The molecule has 1 amide bonds. The lowest BCUT2D eigenvalue weighted by atomic mass is 10.0. The maximum Gasteiger partial charge on any atom is 0.244 e. The molecule has 2 fully saturated rings. The molecule has 38 heavy (non-hydrogen) atoms. The van der Waals surface area contributed by atoms with E-state index in [4.69, 9.17) is 9.47 Å². The molecule has 6 rings (SSSR count). The van der Waals surface area contributed by atoms with Crippen LogP contribution in [0.1, 0.15) is 24.8 Å². The van der Waals surface area contributed by atoms with Gasteiger partial charge in [-0.3, -0.25) is 14.6 Å². The quantitative estimate of drug-likeness (QED) is 0.316. The molecule has 0 radical (unpaired) electrons. The summed E-state index contributed by atoms with van der Waals surface area (Å²) < 4.78 is 28.4. The van der Waals surface area contributed by atoms with Crippen molar-refractivity contribution in [2.45, 2.75) is 32.2 Å². The number of amides is 1. The van der Waals surface area contributed by atoms with Crippen molar-refractivity contribution in [1.82, 2.24) is 24.9 Å². The molecule has 9 nitrogen and oxygen atoms in total. The third kappa shape index (κ3) is 5.58. The first-order valence-electron chi connectivity index (χ1n) is 12.6. The van der Waals surface area contributed by atoms with Crippen molar-refractivity contribution in [2.24, 2.45) is 5.92 Å². The van der Waals surface area contributed by atoms with Gasteiger partial charge in [0.05, 0.1) is 34.5 Å².